The minimum Gasteiger partial charge on any atom is -0.493 e. The predicted molar refractivity (Wildman–Crippen MR) is 56.3 cm³/mol. The number of aliphatic hydroxyl groups is 2. The molecule has 1 aromatic rings. The van der Waals surface area contributed by atoms with Crippen molar-refractivity contribution in [2.24, 2.45) is 0 Å². The summed E-state index contributed by atoms with van der Waals surface area (Å²) < 4.78 is 10.3. The highest BCUT2D eigenvalue weighted by atomic mass is 16.5. The van der Waals surface area contributed by atoms with Gasteiger partial charge in [0.25, 0.3) is 0 Å². The lowest BCUT2D eigenvalue weighted by molar-refractivity contribution is 0.271. The summed E-state index contributed by atoms with van der Waals surface area (Å²) in [5, 5.41) is 18.1. The summed E-state index contributed by atoms with van der Waals surface area (Å²) in [7, 11) is 3.10. The summed E-state index contributed by atoms with van der Waals surface area (Å²) in [6, 6.07) is 3.51. The molecule has 0 aliphatic heterocycles. The first-order valence-electron chi connectivity index (χ1n) is 4.72. The van der Waals surface area contributed by atoms with Gasteiger partial charge in [-0.1, -0.05) is 6.07 Å². The Morgan fingerprint density at radius 2 is 1.87 bits per heavy atom. The third-order valence-electron chi connectivity index (χ3n) is 2.28. The van der Waals surface area contributed by atoms with E-state index in [0.717, 1.165) is 11.1 Å². The standard InChI is InChI=1S/C11H16O4/c1-14-10-4-3-8(7-13)9(5-6-12)11(10)15-2/h3-4,12-13H,5-7H2,1-2H3. The Morgan fingerprint density at radius 3 is 2.33 bits per heavy atom. The van der Waals surface area contributed by atoms with Crippen LogP contribution in [0.4, 0.5) is 0 Å². The quantitative estimate of drug-likeness (QED) is 0.755. The smallest absolute Gasteiger partial charge is 0.164 e. The van der Waals surface area contributed by atoms with Crippen LogP contribution in [0.1, 0.15) is 11.1 Å². The molecule has 0 saturated carbocycles. The first-order valence-corrected chi connectivity index (χ1v) is 4.72. The fourth-order valence-corrected chi connectivity index (χ4v) is 1.57. The van der Waals surface area contributed by atoms with Gasteiger partial charge in [-0.25, -0.2) is 0 Å². The van der Waals surface area contributed by atoms with Crippen LogP contribution in [0.2, 0.25) is 0 Å². The third kappa shape index (κ3) is 2.40. The molecule has 1 rings (SSSR count). The zero-order valence-electron chi connectivity index (χ0n) is 8.99. The van der Waals surface area contributed by atoms with E-state index in [-0.39, 0.29) is 13.2 Å². The van der Waals surface area contributed by atoms with Crippen molar-refractivity contribution in [1.29, 1.82) is 0 Å². The summed E-state index contributed by atoms with van der Waals surface area (Å²) in [6.07, 6.45) is 0.441. The molecule has 0 atom stereocenters. The lowest BCUT2D eigenvalue weighted by Gasteiger charge is -2.15. The molecule has 1 aromatic carbocycles. The minimum atomic E-state index is -0.0737. The van der Waals surface area contributed by atoms with E-state index >= 15 is 0 Å². The van der Waals surface area contributed by atoms with Crippen molar-refractivity contribution in [2.75, 3.05) is 20.8 Å². The zero-order valence-corrected chi connectivity index (χ0v) is 8.99. The van der Waals surface area contributed by atoms with Crippen LogP contribution in [0, 0.1) is 0 Å². The lowest BCUT2D eigenvalue weighted by Crippen LogP contribution is -2.03. The average molecular weight is 212 g/mol. The fraction of sp³-hybridized carbons (Fsp3) is 0.455. The van der Waals surface area contributed by atoms with Gasteiger partial charge in [-0.05, 0) is 18.1 Å². The average Bonchev–Trinajstić information content (AvgIpc) is 2.28. The van der Waals surface area contributed by atoms with E-state index < -0.39 is 0 Å². The van der Waals surface area contributed by atoms with Crippen LogP contribution in [0.15, 0.2) is 12.1 Å². The third-order valence-corrected chi connectivity index (χ3v) is 2.28. The van der Waals surface area contributed by atoms with Crippen LogP contribution in [-0.4, -0.2) is 31.0 Å². The Morgan fingerprint density at radius 1 is 1.13 bits per heavy atom. The molecule has 15 heavy (non-hydrogen) atoms. The van der Waals surface area contributed by atoms with Crippen molar-refractivity contribution < 1.29 is 19.7 Å². The lowest BCUT2D eigenvalue weighted by atomic mass is 10.0. The molecule has 0 bridgehead atoms. The van der Waals surface area contributed by atoms with Gasteiger partial charge >= 0.3 is 0 Å². The summed E-state index contributed by atoms with van der Waals surface area (Å²) in [5.74, 6) is 1.19. The van der Waals surface area contributed by atoms with Crippen molar-refractivity contribution in [3.8, 4) is 11.5 Å². The van der Waals surface area contributed by atoms with E-state index in [4.69, 9.17) is 19.7 Å². The van der Waals surface area contributed by atoms with Crippen molar-refractivity contribution in [1.82, 2.24) is 0 Å². The van der Waals surface area contributed by atoms with Crippen molar-refractivity contribution >= 4 is 0 Å². The minimum absolute atomic E-state index is 0.0104. The Balaban J connectivity index is 3.24. The number of methoxy groups -OCH3 is 2. The van der Waals surface area contributed by atoms with Gasteiger partial charge in [-0.3, -0.25) is 0 Å². The van der Waals surface area contributed by atoms with Gasteiger partial charge in [0.1, 0.15) is 0 Å². The molecule has 0 unspecified atom stereocenters. The molecule has 0 spiro atoms. The molecule has 0 amide bonds. The summed E-state index contributed by atoms with van der Waals surface area (Å²) in [5.41, 5.74) is 1.54. The Bertz CT molecular complexity index is 323. The molecular formula is C11H16O4. The van der Waals surface area contributed by atoms with Crippen LogP contribution >= 0.6 is 0 Å². The normalized spacial score (nSPS) is 10.1. The van der Waals surface area contributed by atoms with Gasteiger partial charge in [0, 0.05) is 12.2 Å². The zero-order chi connectivity index (χ0) is 11.3. The number of benzene rings is 1. The van der Waals surface area contributed by atoms with Gasteiger partial charge in [0.05, 0.1) is 20.8 Å². The highest BCUT2D eigenvalue weighted by Gasteiger charge is 2.13. The number of aliphatic hydroxyl groups excluding tert-OH is 2. The maximum atomic E-state index is 9.15. The molecule has 0 aliphatic rings. The Hall–Kier alpha value is -1.26. The first-order chi connectivity index (χ1) is 7.28. The molecule has 2 N–H and O–H groups in total. The Labute approximate surface area is 89.1 Å². The molecular weight excluding hydrogens is 196 g/mol. The second-order valence-electron chi connectivity index (χ2n) is 3.07. The van der Waals surface area contributed by atoms with Gasteiger partial charge < -0.3 is 19.7 Å². The van der Waals surface area contributed by atoms with Crippen molar-refractivity contribution in [3.63, 3.8) is 0 Å². The van der Waals surface area contributed by atoms with Gasteiger partial charge in [0.2, 0.25) is 0 Å². The van der Waals surface area contributed by atoms with Crippen LogP contribution in [0.5, 0.6) is 11.5 Å². The number of hydrogen-bond donors (Lipinski definition) is 2. The van der Waals surface area contributed by atoms with Crippen molar-refractivity contribution in [2.45, 2.75) is 13.0 Å². The highest BCUT2D eigenvalue weighted by Crippen LogP contribution is 2.33. The van der Waals surface area contributed by atoms with Crippen LogP contribution in [0.25, 0.3) is 0 Å². The highest BCUT2D eigenvalue weighted by molar-refractivity contribution is 5.50. The first kappa shape index (κ1) is 11.8. The number of hydrogen-bond acceptors (Lipinski definition) is 4. The molecule has 4 heteroatoms. The molecule has 0 saturated heterocycles. The monoisotopic (exact) mass is 212 g/mol. The SMILES string of the molecule is COc1ccc(CO)c(CCO)c1OC. The second kappa shape index (κ2) is 5.58. The van der Waals surface area contributed by atoms with Crippen molar-refractivity contribution in [3.05, 3.63) is 23.3 Å². The number of rotatable bonds is 5. The molecule has 0 fully saturated rings. The molecule has 0 aromatic heterocycles. The molecule has 4 nitrogen and oxygen atoms in total. The van der Waals surface area contributed by atoms with Crippen LogP contribution in [0.3, 0.4) is 0 Å². The van der Waals surface area contributed by atoms with Crippen LogP contribution in [-0.2, 0) is 13.0 Å². The van der Waals surface area contributed by atoms with Gasteiger partial charge in [0.15, 0.2) is 11.5 Å². The molecule has 84 valence electrons. The van der Waals surface area contributed by atoms with Gasteiger partial charge in [-0.15, -0.1) is 0 Å². The Kier molecular flexibility index (Phi) is 4.39. The van der Waals surface area contributed by atoms with E-state index in [9.17, 15) is 0 Å². The van der Waals surface area contributed by atoms with E-state index in [2.05, 4.69) is 0 Å². The maximum absolute atomic E-state index is 9.15. The molecule has 0 aliphatic carbocycles. The van der Waals surface area contributed by atoms with E-state index in [1.807, 2.05) is 0 Å². The summed E-state index contributed by atoms with van der Waals surface area (Å²) in [4.78, 5) is 0. The van der Waals surface area contributed by atoms with E-state index in [1.54, 1.807) is 26.4 Å². The molecule has 0 heterocycles. The second-order valence-corrected chi connectivity index (χ2v) is 3.07. The van der Waals surface area contributed by atoms with Gasteiger partial charge in [-0.2, -0.15) is 0 Å². The maximum Gasteiger partial charge on any atom is 0.164 e. The topological polar surface area (TPSA) is 58.9 Å². The fourth-order valence-electron chi connectivity index (χ4n) is 1.57. The predicted octanol–water partition coefficient (Wildman–Crippen LogP) is 0.731. The van der Waals surface area contributed by atoms with Crippen LogP contribution < -0.4 is 9.47 Å². The largest absolute Gasteiger partial charge is 0.493 e. The van der Waals surface area contributed by atoms with E-state index in [0.29, 0.717) is 17.9 Å². The molecule has 0 radical (unpaired) electrons. The number of ether oxygens (including phenoxy) is 2. The summed E-state index contributed by atoms with van der Waals surface area (Å²) >= 11 is 0. The van der Waals surface area contributed by atoms with E-state index in [1.165, 1.54) is 0 Å². The summed E-state index contributed by atoms with van der Waals surface area (Å²) in [6.45, 7) is -0.0633.